The van der Waals surface area contributed by atoms with Gasteiger partial charge in [0.25, 0.3) is 0 Å². The summed E-state index contributed by atoms with van der Waals surface area (Å²) in [5, 5.41) is 1.99. The number of hydrogen-bond acceptors (Lipinski definition) is 5. The zero-order valence-corrected chi connectivity index (χ0v) is 13.7. The number of benzene rings is 2. The Balaban J connectivity index is 1.54. The van der Waals surface area contributed by atoms with Gasteiger partial charge >= 0.3 is 0 Å². The third-order valence-electron chi connectivity index (χ3n) is 3.34. The number of aryl methyl sites for hydroxylation is 1. The number of rotatable bonds is 6. The van der Waals surface area contributed by atoms with Crippen LogP contribution in [0.5, 0.6) is 11.5 Å². The van der Waals surface area contributed by atoms with E-state index in [-0.39, 0.29) is 0 Å². The smallest absolute Gasteiger partial charge is 0.142 e. The van der Waals surface area contributed by atoms with Gasteiger partial charge in [0.05, 0.1) is 16.9 Å². The van der Waals surface area contributed by atoms with E-state index in [0.717, 1.165) is 17.0 Å². The maximum atomic E-state index is 6.05. The van der Waals surface area contributed by atoms with E-state index in [1.165, 1.54) is 5.56 Å². The highest BCUT2D eigenvalue weighted by Gasteiger charge is 2.05. The minimum Gasteiger partial charge on any atom is -0.490 e. The minimum absolute atomic E-state index is 0.439. The van der Waals surface area contributed by atoms with Crippen LogP contribution in [0.1, 0.15) is 5.56 Å². The fourth-order valence-electron chi connectivity index (χ4n) is 2.21. The Labute approximate surface area is 139 Å². The second-order valence-corrected chi connectivity index (χ2v) is 5.86. The Hall–Kier alpha value is -2.53. The molecule has 5 heteroatoms. The molecule has 0 amide bonds. The van der Waals surface area contributed by atoms with E-state index >= 15 is 0 Å². The lowest BCUT2D eigenvalue weighted by atomic mass is 10.1. The molecule has 0 aliphatic rings. The summed E-state index contributed by atoms with van der Waals surface area (Å²) in [6.07, 6.45) is 0. The van der Waals surface area contributed by atoms with Crippen LogP contribution in [0.4, 0.5) is 5.69 Å². The second kappa shape index (κ2) is 7.15. The molecular formula is C18H18N2O2S. The first kappa shape index (κ1) is 15.4. The molecule has 0 aliphatic carbocycles. The zero-order valence-electron chi connectivity index (χ0n) is 12.9. The number of nitrogens with two attached hydrogens (primary N) is 1. The van der Waals surface area contributed by atoms with E-state index in [4.69, 9.17) is 15.2 Å². The van der Waals surface area contributed by atoms with Gasteiger partial charge in [-0.2, -0.15) is 0 Å². The number of ether oxygens (including phenoxy) is 2. The van der Waals surface area contributed by atoms with Gasteiger partial charge in [-0.1, -0.05) is 12.1 Å². The Morgan fingerprint density at radius 2 is 1.96 bits per heavy atom. The fourth-order valence-corrected chi connectivity index (χ4v) is 2.77. The van der Waals surface area contributed by atoms with Crippen molar-refractivity contribution in [1.29, 1.82) is 0 Å². The van der Waals surface area contributed by atoms with E-state index in [2.05, 4.69) is 4.98 Å². The molecule has 4 nitrogen and oxygen atoms in total. The van der Waals surface area contributed by atoms with Crippen LogP contribution in [0.25, 0.3) is 11.3 Å². The first-order chi connectivity index (χ1) is 11.2. The van der Waals surface area contributed by atoms with Crippen molar-refractivity contribution in [3.8, 4) is 22.8 Å². The van der Waals surface area contributed by atoms with E-state index in [9.17, 15) is 0 Å². The normalized spacial score (nSPS) is 10.5. The Morgan fingerprint density at radius 1 is 1.09 bits per heavy atom. The lowest BCUT2D eigenvalue weighted by molar-refractivity contribution is 0.218. The van der Waals surface area contributed by atoms with Gasteiger partial charge in [-0.05, 0) is 42.8 Å². The fraction of sp³-hybridized carbons (Fsp3) is 0.167. The molecule has 2 N–H and O–H groups in total. The predicted octanol–water partition coefficient (Wildman–Crippen LogP) is 4.16. The number of nitrogen functional groups attached to an aromatic ring is 1. The Kier molecular flexibility index (Phi) is 4.78. The predicted molar refractivity (Wildman–Crippen MR) is 94.1 cm³/mol. The molecule has 1 heterocycles. The van der Waals surface area contributed by atoms with Gasteiger partial charge in [0.15, 0.2) is 0 Å². The number of hydrogen-bond donors (Lipinski definition) is 1. The molecule has 2 aromatic carbocycles. The van der Waals surface area contributed by atoms with Crippen LogP contribution < -0.4 is 15.2 Å². The molecule has 0 saturated heterocycles. The molecule has 23 heavy (non-hydrogen) atoms. The molecule has 0 bridgehead atoms. The van der Waals surface area contributed by atoms with Gasteiger partial charge in [0, 0.05) is 10.9 Å². The monoisotopic (exact) mass is 326 g/mol. The number of aromatic nitrogens is 1. The molecule has 118 valence electrons. The summed E-state index contributed by atoms with van der Waals surface area (Å²) in [6.45, 7) is 2.94. The average molecular weight is 326 g/mol. The standard InChI is InChI=1S/C18H18N2O2S/c1-13-3-2-4-15(9-13)21-7-8-22-18-6-5-14(10-16(18)19)17-11-23-12-20-17/h2-6,9-12H,7-8,19H2,1H3. The van der Waals surface area contributed by atoms with Crippen molar-refractivity contribution in [2.24, 2.45) is 0 Å². The Bertz CT molecular complexity index is 772. The van der Waals surface area contributed by atoms with Crippen molar-refractivity contribution in [3.63, 3.8) is 0 Å². The van der Waals surface area contributed by atoms with Crippen molar-refractivity contribution in [2.75, 3.05) is 18.9 Å². The Morgan fingerprint density at radius 3 is 2.70 bits per heavy atom. The van der Waals surface area contributed by atoms with Gasteiger partial charge < -0.3 is 15.2 Å². The highest BCUT2D eigenvalue weighted by atomic mass is 32.1. The number of anilines is 1. The highest BCUT2D eigenvalue weighted by molar-refractivity contribution is 7.07. The molecule has 0 aliphatic heterocycles. The van der Waals surface area contributed by atoms with E-state index in [1.807, 2.05) is 54.8 Å². The molecule has 0 fully saturated rings. The van der Waals surface area contributed by atoms with Crippen molar-refractivity contribution >= 4 is 17.0 Å². The molecule has 0 radical (unpaired) electrons. The molecule has 0 atom stereocenters. The molecule has 3 rings (SSSR count). The maximum Gasteiger partial charge on any atom is 0.142 e. The van der Waals surface area contributed by atoms with E-state index in [1.54, 1.807) is 16.8 Å². The van der Waals surface area contributed by atoms with Crippen LogP contribution in [-0.4, -0.2) is 18.2 Å². The third-order valence-corrected chi connectivity index (χ3v) is 3.92. The van der Waals surface area contributed by atoms with E-state index in [0.29, 0.717) is 24.7 Å². The summed E-state index contributed by atoms with van der Waals surface area (Å²) in [7, 11) is 0. The maximum absolute atomic E-state index is 6.05. The summed E-state index contributed by atoms with van der Waals surface area (Å²) in [6, 6.07) is 13.7. The summed E-state index contributed by atoms with van der Waals surface area (Å²) < 4.78 is 11.3. The average Bonchev–Trinajstić information content (AvgIpc) is 3.07. The van der Waals surface area contributed by atoms with Crippen LogP contribution >= 0.6 is 11.3 Å². The SMILES string of the molecule is Cc1cccc(OCCOc2ccc(-c3cscn3)cc2N)c1. The van der Waals surface area contributed by atoms with Crippen molar-refractivity contribution in [3.05, 3.63) is 58.9 Å². The molecule has 3 aromatic rings. The van der Waals surface area contributed by atoms with Crippen molar-refractivity contribution < 1.29 is 9.47 Å². The lowest BCUT2D eigenvalue weighted by Gasteiger charge is -2.11. The molecule has 0 unspecified atom stereocenters. The first-order valence-electron chi connectivity index (χ1n) is 7.33. The van der Waals surface area contributed by atoms with Gasteiger partial charge in [0.1, 0.15) is 24.7 Å². The van der Waals surface area contributed by atoms with Crippen LogP contribution in [0.15, 0.2) is 53.4 Å². The number of nitrogens with zero attached hydrogens (tertiary/aromatic N) is 1. The van der Waals surface area contributed by atoms with Crippen molar-refractivity contribution in [1.82, 2.24) is 4.98 Å². The lowest BCUT2D eigenvalue weighted by Crippen LogP contribution is -2.10. The van der Waals surface area contributed by atoms with Crippen LogP contribution in [0, 0.1) is 6.92 Å². The second-order valence-electron chi connectivity index (χ2n) is 5.14. The van der Waals surface area contributed by atoms with Crippen molar-refractivity contribution in [2.45, 2.75) is 6.92 Å². The van der Waals surface area contributed by atoms with Gasteiger partial charge in [-0.15, -0.1) is 11.3 Å². The van der Waals surface area contributed by atoms with Gasteiger partial charge in [-0.25, -0.2) is 4.98 Å². The molecular weight excluding hydrogens is 308 g/mol. The third kappa shape index (κ3) is 4.02. The topological polar surface area (TPSA) is 57.4 Å². The summed E-state index contributed by atoms with van der Waals surface area (Å²) in [5.74, 6) is 1.51. The van der Waals surface area contributed by atoms with E-state index < -0.39 is 0 Å². The summed E-state index contributed by atoms with van der Waals surface area (Å²) in [4.78, 5) is 4.28. The highest BCUT2D eigenvalue weighted by Crippen LogP contribution is 2.28. The van der Waals surface area contributed by atoms with Gasteiger partial charge in [-0.3, -0.25) is 0 Å². The molecule has 0 spiro atoms. The summed E-state index contributed by atoms with van der Waals surface area (Å²) >= 11 is 1.56. The quantitative estimate of drug-likeness (QED) is 0.546. The zero-order chi connectivity index (χ0) is 16.1. The molecule has 1 aromatic heterocycles. The van der Waals surface area contributed by atoms with Crippen LogP contribution in [0.3, 0.4) is 0 Å². The first-order valence-corrected chi connectivity index (χ1v) is 8.27. The minimum atomic E-state index is 0.439. The van der Waals surface area contributed by atoms with Crippen LogP contribution in [-0.2, 0) is 0 Å². The summed E-state index contributed by atoms with van der Waals surface area (Å²) in [5.41, 5.74) is 11.5. The van der Waals surface area contributed by atoms with Gasteiger partial charge in [0.2, 0.25) is 0 Å². The molecule has 0 saturated carbocycles. The van der Waals surface area contributed by atoms with Crippen LogP contribution in [0.2, 0.25) is 0 Å². The number of thiazole rings is 1. The largest absolute Gasteiger partial charge is 0.490 e.